The second-order valence-corrected chi connectivity index (χ2v) is 3.92. The van der Waals surface area contributed by atoms with Crippen LogP contribution in [-0.4, -0.2) is 7.11 Å². The zero-order chi connectivity index (χ0) is 9.42. The van der Waals surface area contributed by atoms with Gasteiger partial charge in [-0.2, -0.15) is 0 Å². The molecule has 0 heterocycles. The highest BCUT2D eigenvalue weighted by Gasteiger charge is 2.23. The van der Waals surface area contributed by atoms with Crippen LogP contribution in [-0.2, 0) is 6.42 Å². The van der Waals surface area contributed by atoms with E-state index < -0.39 is 0 Å². The van der Waals surface area contributed by atoms with Gasteiger partial charge in [0.2, 0.25) is 0 Å². The lowest BCUT2D eigenvalue weighted by Gasteiger charge is -2.12. The third-order valence-corrected chi connectivity index (χ3v) is 3.09. The molecular formula is C12H16O. The average Bonchev–Trinajstić information content (AvgIpc) is 2.51. The van der Waals surface area contributed by atoms with Crippen LogP contribution in [0.25, 0.3) is 0 Å². The van der Waals surface area contributed by atoms with E-state index in [1.54, 1.807) is 7.11 Å². The van der Waals surface area contributed by atoms with Crippen molar-refractivity contribution >= 4 is 0 Å². The van der Waals surface area contributed by atoms with Crippen molar-refractivity contribution in [3.05, 3.63) is 28.8 Å². The molecule has 1 aliphatic carbocycles. The molecule has 0 amide bonds. The number of hydrogen-bond donors (Lipinski definition) is 0. The molecular weight excluding hydrogens is 160 g/mol. The molecule has 1 nitrogen and oxygen atoms in total. The SMILES string of the molecule is COc1ccc(C)c2c1C(C)CC2. The summed E-state index contributed by atoms with van der Waals surface area (Å²) in [6.07, 6.45) is 2.50. The Kier molecular flexibility index (Phi) is 2.03. The Morgan fingerprint density at radius 3 is 2.85 bits per heavy atom. The minimum Gasteiger partial charge on any atom is -0.496 e. The van der Waals surface area contributed by atoms with Gasteiger partial charge in [0.15, 0.2) is 0 Å². The fourth-order valence-electron chi connectivity index (χ4n) is 2.31. The molecule has 13 heavy (non-hydrogen) atoms. The van der Waals surface area contributed by atoms with Gasteiger partial charge < -0.3 is 4.74 Å². The monoisotopic (exact) mass is 176 g/mol. The largest absolute Gasteiger partial charge is 0.496 e. The van der Waals surface area contributed by atoms with Crippen LogP contribution >= 0.6 is 0 Å². The van der Waals surface area contributed by atoms with Gasteiger partial charge in [0.05, 0.1) is 7.11 Å². The van der Waals surface area contributed by atoms with E-state index in [2.05, 4.69) is 26.0 Å². The summed E-state index contributed by atoms with van der Waals surface area (Å²) in [4.78, 5) is 0. The Morgan fingerprint density at radius 2 is 2.15 bits per heavy atom. The van der Waals surface area contributed by atoms with E-state index in [1.807, 2.05) is 0 Å². The van der Waals surface area contributed by atoms with Gasteiger partial charge >= 0.3 is 0 Å². The van der Waals surface area contributed by atoms with Crippen molar-refractivity contribution in [3.63, 3.8) is 0 Å². The summed E-state index contributed by atoms with van der Waals surface area (Å²) in [7, 11) is 1.76. The van der Waals surface area contributed by atoms with Gasteiger partial charge in [-0.05, 0) is 42.9 Å². The Hall–Kier alpha value is -0.980. The molecule has 0 N–H and O–H groups in total. The van der Waals surface area contributed by atoms with E-state index in [0.717, 1.165) is 5.75 Å². The molecule has 1 aliphatic rings. The number of benzene rings is 1. The van der Waals surface area contributed by atoms with Crippen molar-refractivity contribution in [2.45, 2.75) is 32.6 Å². The molecule has 1 aromatic rings. The Balaban J connectivity index is 2.60. The summed E-state index contributed by atoms with van der Waals surface area (Å²) in [5.74, 6) is 1.75. The normalized spacial score (nSPS) is 20.1. The molecule has 1 atom stereocenters. The fourth-order valence-corrected chi connectivity index (χ4v) is 2.31. The highest BCUT2D eigenvalue weighted by atomic mass is 16.5. The number of ether oxygens (including phenoxy) is 1. The predicted molar refractivity (Wildman–Crippen MR) is 54.5 cm³/mol. The molecule has 0 saturated heterocycles. The van der Waals surface area contributed by atoms with Gasteiger partial charge in [-0.25, -0.2) is 0 Å². The molecule has 0 aliphatic heterocycles. The van der Waals surface area contributed by atoms with E-state index in [4.69, 9.17) is 4.74 Å². The van der Waals surface area contributed by atoms with Crippen LogP contribution in [0.3, 0.4) is 0 Å². The number of fused-ring (bicyclic) bond motifs is 1. The molecule has 1 heteroatoms. The molecule has 1 aromatic carbocycles. The van der Waals surface area contributed by atoms with Crippen molar-refractivity contribution in [1.29, 1.82) is 0 Å². The van der Waals surface area contributed by atoms with Gasteiger partial charge in [-0.15, -0.1) is 0 Å². The summed E-state index contributed by atoms with van der Waals surface area (Å²) in [6, 6.07) is 4.26. The number of methoxy groups -OCH3 is 1. The first kappa shape index (κ1) is 8.61. The Bertz CT molecular complexity index is 328. The van der Waals surface area contributed by atoms with E-state index in [9.17, 15) is 0 Å². The number of hydrogen-bond acceptors (Lipinski definition) is 1. The van der Waals surface area contributed by atoms with E-state index >= 15 is 0 Å². The Morgan fingerprint density at radius 1 is 1.38 bits per heavy atom. The average molecular weight is 176 g/mol. The summed E-state index contributed by atoms with van der Waals surface area (Å²) in [6.45, 7) is 4.48. The third kappa shape index (κ3) is 1.23. The van der Waals surface area contributed by atoms with Gasteiger partial charge in [0.25, 0.3) is 0 Å². The highest BCUT2D eigenvalue weighted by Crippen LogP contribution is 2.40. The van der Waals surface area contributed by atoms with Gasteiger partial charge in [0.1, 0.15) is 5.75 Å². The van der Waals surface area contributed by atoms with E-state index in [-0.39, 0.29) is 0 Å². The van der Waals surface area contributed by atoms with Crippen LogP contribution in [0.4, 0.5) is 0 Å². The van der Waals surface area contributed by atoms with Gasteiger partial charge in [-0.1, -0.05) is 13.0 Å². The second kappa shape index (κ2) is 3.06. The minimum absolute atomic E-state index is 0.671. The van der Waals surface area contributed by atoms with E-state index in [0.29, 0.717) is 5.92 Å². The predicted octanol–water partition coefficient (Wildman–Crippen LogP) is 3.05. The van der Waals surface area contributed by atoms with Crippen LogP contribution < -0.4 is 4.74 Å². The summed E-state index contributed by atoms with van der Waals surface area (Å²) >= 11 is 0. The molecule has 0 spiro atoms. The quantitative estimate of drug-likeness (QED) is 0.639. The molecule has 1 unspecified atom stereocenters. The smallest absolute Gasteiger partial charge is 0.122 e. The first-order chi connectivity index (χ1) is 6.24. The molecule has 0 bridgehead atoms. The lowest BCUT2D eigenvalue weighted by Crippen LogP contribution is -1.95. The third-order valence-electron chi connectivity index (χ3n) is 3.09. The van der Waals surface area contributed by atoms with Gasteiger partial charge in [-0.3, -0.25) is 0 Å². The molecule has 0 saturated carbocycles. The first-order valence-corrected chi connectivity index (χ1v) is 4.90. The van der Waals surface area contributed by atoms with Gasteiger partial charge in [0, 0.05) is 5.56 Å². The molecule has 0 fully saturated rings. The zero-order valence-corrected chi connectivity index (χ0v) is 8.55. The zero-order valence-electron chi connectivity index (χ0n) is 8.55. The summed E-state index contributed by atoms with van der Waals surface area (Å²) in [5, 5.41) is 0. The highest BCUT2D eigenvalue weighted by molar-refractivity contribution is 5.49. The minimum atomic E-state index is 0.671. The van der Waals surface area contributed by atoms with Crippen LogP contribution in [0.2, 0.25) is 0 Å². The lowest BCUT2D eigenvalue weighted by molar-refractivity contribution is 0.407. The fraction of sp³-hybridized carbons (Fsp3) is 0.500. The van der Waals surface area contributed by atoms with Crippen molar-refractivity contribution in [3.8, 4) is 5.75 Å². The van der Waals surface area contributed by atoms with Crippen molar-refractivity contribution < 1.29 is 4.74 Å². The topological polar surface area (TPSA) is 9.23 Å². The van der Waals surface area contributed by atoms with Crippen LogP contribution in [0.1, 0.15) is 36.0 Å². The number of aryl methyl sites for hydroxylation is 1. The summed E-state index contributed by atoms with van der Waals surface area (Å²) < 4.78 is 5.38. The Labute approximate surface area is 79.7 Å². The maximum atomic E-state index is 5.38. The molecule has 0 radical (unpaired) electrons. The molecule has 2 rings (SSSR count). The van der Waals surface area contributed by atoms with Crippen LogP contribution in [0, 0.1) is 6.92 Å². The summed E-state index contributed by atoms with van der Waals surface area (Å²) in [5.41, 5.74) is 4.38. The maximum absolute atomic E-state index is 5.38. The first-order valence-electron chi connectivity index (χ1n) is 4.90. The van der Waals surface area contributed by atoms with Crippen molar-refractivity contribution in [2.24, 2.45) is 0 Å². The van der Waals surface area contributed by atoms with Crippen LogP contribution in [0.15, 0.2) is 12.1 Å². The molecule has 0 aromatic heterocycles. The van der Waals surface area contributed by atoms with Crippen molar-refractivity contribution in [1.82, 2.24) is 0 Å². The van der Waals surface area contributed by atoms with Crippen molar-refractivity contribution in [2.75, 3.05) is 7.11 Å². The standard InChI is InChI=1S/C12H16O/c1-8-5-7-11(13-3)12-9(2)4-6-10(8)12/h5,7,9H,4,6H2,1-3H3. The second-order valence-electron chi connectivity index (χ2n) is 3.92. The van der Waals surface area contributed by atoms with Crippen LogP contribution in [0.5, 0.6) is 5.75 Å². The number of rotatable bonds is 1. The van der Waals surface area contributed by atoms with E-state index in [1.165, 1.54) is 29.5 Å². The molecule has 70 valence electrons. The lowest BCUT2D eigenvalue weighted by atomic mass is 9.99. The maximum Gasteiger partial charge on any atom is 0.122 e.